The molecule has 25 heavy (non-hydrogen) atoms. The van der Waals surface area contributed by atoms with Crippen molar-refractivity contribution in [1.29, 1.82) is 0 Å². The van der Waals surface area contributed by atoms with Crippen molar-refractivity contribution in [2.45, 2.75) is 13.2 Å². The third kappa shape index (κ3) is 4.23. The van der Waals surface area contributed by atoms with Crippen LogP contribution < -0.4 is 10.5 Å². The minimum absolute atomic E-state index is 0.0143. The highest BCUT2D eigenvalue weighted by atomic mass is 16.5. The summed E-state index contributed by atoms with van der Waals surface area (Å²) in [5.74, 6) is -1.00. The molecule has 1 fully saturated rings. The molecule has 8 heteroatoms. The van der Waals surface area contributed by atoms with Crippen LogP contribution in [0.4, 0.5) is 5.95 Å². The Hall–Kier alpha value is -2.71. The van der Waals surface area contributed by atoms with Crippen LogP contribution in [0.15, 0.2) is 35.1 Å². The molecule has 132 valence electrons. The van der Waals surface area contributed by atoms with Crippen LogP contribution >= 0.6 is 0 Å². The van der Waals surface area contributed by atoms with Gasteiger partial charge in [-0.1, -0.05) is 30.3 Å². The van der Waals surface area contributed by atoms with Crippen molar-refractivity contribution < 1.29 is 19.4 Å². The molecule has 2 heterocycles. The highest BCUT2D eigenvalue weighted by Gasteiger charge is 2.21. The van der Waals surface area contributed by atoms with E-state index in [1.807, 2.05) is 30.3 Å². The number of rotatable bonds is 6. The predicted molar refractivity (Wildman–Crippen MR) is 89.8 cm³/mol. The first-order chi connectivity index (χ1) is 12.1. The molecular formula is C17H19N3O5. The molecule has 1 aliphatic heterocycles. The summed E-state index contributed by atoms with van der Waals surface area (Å²) in [4.78, 5) is 32.4. The Morgan fingerprint density at radius 2 is 1.96 bits per heavy atom. The predicted octanol–water partition coefficient (Wildman–Crippen LogP) is 1.02. The second-order valence-corrected chi connectivity index (χ2v) is 5.60. The van der Waals surface area contributed by atoms with E-state index in [1.165, 1.54) is 0 Å². The quantitative estimate of drug-likeness (QED) is 0.805. The largest absolute Gasteiger partial charge is 0.476 e. The van der Waals surface area contributed by atoms with Crippen LogP contribution in [0.2, 0.25) is 0 Å². The Kier molecular flexibility index (Phi) is 5.42. The van der Waals surface area contributed by atoms with Crippen molar-refractivity contribution in [3.63, 3.8) is 0 Å². The maximum absolute atomic E-state index is 12.4. The number of H-pyrrole nitrogens is 1. The van der Waals surface area contributed by atoms with Crippen LogP contribution in [0.5, 0.6) is 0 Å². The van der Waals surface area contributed by atoms with E-state index in [9.17, 15) is 14.7 Å². The van der Waals surface area contributed by atoms with Crippen LogP contribution in [0.25, 0.3) is 0 Å². The highest BCUT2D eigenvalue weighted by molar-refractivity contribution is 5.87. The number of carbonyl (C=O) groups is 1. The number of aromatic carboxylic acids is 1. The van der Waals surface area contributed by atoms with Crippen molar-refractivity contribution >= 4 is 11.9 Å². The summed E-state index contributed by atoms with van der Waals surface area (Å²) in [6, 6.07) is 9.44. The first-order valence-electron chi connectivity index (χ1n) is 7.96. The van der Waals surface area contributed by atoms with Gasteiger partial charge in [-0.05, 0) is 5.56 Å². The number of ether oxygens (including phenoxy) is 2. The minimum Gasteiger partial charge on any atom is -0.476 e. The maximum atomic E-state index is 12.4. The van der Waals surface area contributed by atoms with E-state index in [0.29, 0.717) is 26.3 Å². The minimum atomic E-state index is -1.25. The van der Waals surface area contributed by atoms with Crippen molar-refractivity contribution in [3.05, 3.63) is 57.5 Å². The van der Waals surface area contributed by atoms with Gasteiger partial charge in [-0.25, -0.2) is 9.78 Å². The monoisotopic (exact) mass is 345 g/mol. The fourth-order valence-electron chi connectivity index (χ4n) is 2.57. The Bertz CT molecular complexity index is 785. The van der Waals surface area contributed by atoms with Gasteiger partial charge >= 0.3 is 5.97 Å². The molecule has 0 aliphatic carbocycles. The normalized spacial score (nSPS) is 14.5. The molecule has 2 aromatic rings. The molecule has 0 bridgehead atoms. The number of carboxylic acids is 1. The number of anilines is 1. The van der Waals surface area contributed by atoms with Crippen LogP contribution in [0.3, 0.4) is 0 Å². The second kappa shape index (κ2) is 7.91. The average Bonchev–Trinajstić information content (AvgIpc) is 2.64. The van der Waals surface area contributed by atoms with Gasteiger partial charge in [0.15, 0.2) is 5.69 Å². The highest BCUT2D eigenvalue weighted by Crippen LogP contribution is 2.12. The number of carboxylic acid groups (broad SMARTS) is 1. The van der Waals surface area contributed by atoms with Gasteiger partial charge in [0.1, 0.15) is 0 Å². The molecule has 0 amide bonds. The number of nitrogens with zero attached hydrogens (tertiary/aromatic N) is 2. The average molecular weight is 345 g/mol. The van der Waals surface area contributed by atoms with Crippen LogP contribution in [0.1, 0.15) is 21.6 Å². The molecule has 0 radical (unpaired) electrons. The van der Waals surface area contributed by atoms with E-state index < -0.39 is 11.5 Å². The van der Waals surface area contributed by atoms with Gasteiger partial charge in [-0.3, -0.25) is 9.78 Å². The van der Waals surface area contributed by atoms with Gasteiger partial charge in [-0.15, -0.1) is 0 Å². The zero-order valence-corrected chi connectivity index (χ0v) is 13.6. The lowest BCUT2D eigenvalue weighted by Gasteiger charge is -2.27. The Labute approximate surface area is 144 Å². The van der Waals surface area contributed by atoms with E-state index in [2.05, 4.69) is 9.97 Å². The van der Waals surface area contributed by atoms with Crippen molar-refractivity contribution in [2.75, 3.05) is 31.2 Å². The standard InChI is InChI=1S/C17H19N3O5/c21-15-13(11-25-10-12-4-2-1-3-5-12)14(16(22)23)18-17(19-15)20-6-8-24-9-7-20/h1-5H,6-11H2,(H,22,23)(H,18,19,21). The molecule has 1 aromatic carbocycles. The fourth-order valence-corrected chi connectivity index (χ4v) is 2.57. The first kappa shape index (κ1) is 17.1. The number of aromatic nitrogens is 2. The van der Waals surface area contributed by atoms with Crippen molar-refractivity contribution in [2.24, 2.45) is 0 Å². The number of hydrogen-bond acceptors (Lipinski definition) is 6. The molecule has 1 aromatic heterocycles. The van der Waals surface area contributed by atoms with Gasteiger partial charge in [-0.2, -0.15) is 0 Å². The number of nitrogens with one attached hydrogen (secondary N) is 1. The van der Waals surface area contributed by atoms with E-state index >= 15 is 0 Å². The second-order valence-electron chi connectivity index (χ2n) is 5.60. The number of aromatic amines is 1. The molecule has 3 rings (SSSR count). The lowest BCUT2D eigenvalue weighted by Crippen LogP contribution is -2.39. The Balaban J connectivity index is 1.78. The summed E-state index contributed by atoms with van der Waals surface area (Å²) >= 11 is 0. The Morgan fingerprint density at radius 1 is 1.24 bits per heavy atom. The van der Waals surface area contributed by atoms with Gasteiger partial charge in [0, 0.05) is 13.1 Å². The van der Waals surface area contributed by atoms with E-state index in [1.54, 1.807) is 4.90 Å². The van der Waals surface area contributed by atoms with E-state index in [4.69, 9.17) is 9.47 Å². The fraction of sp³-hybridized carbons (Fsp3) is 0.353. The molecular weight excluding hydrogens is 326 g/mol. The molecule has 0 saturated carbocycles. The number of morpholine rings is 1. The van der Waals surface area contributed by atoms with E-state index in [0.717, 1.165) is 5.56 Å². The van der Waals surface area contributed by atoms with Crippen LogP contribution in [-0.4, -0.2) is 47.3 Å². The zero-order chi connectivity index (χ0) is 17.6. The number of benzene rings is 1. The lowest BCUT2D eigenvalue weighted by atomic mass is 10.2. The third-order valence-electron chi connectivity index (χ3n) is 3.87. The third-order valence-corrected chi connectivity index (χ3v) is 3.87. The summed E-state index contributed by atoms with van der Waals surface area (Å²) in [7, 11) is 0. The molecule has 1 aliphatic rings. The summed E-state index contributed by atoms with van der Waals surface area (Å²) in [5, 5.41) is 9.42. The zero-order valence-electron chi connectivity index (χ0n) is 13.6. The molecule has 0 atom stereocenters. The van der Waals surface area contributed by atoms with Crippen LogP contribution in [-0.2, 0) is 22.7 Å². The van der Waals surface area contributed by atoms with Crippen LogP contribution in [0, 0.1) is 0 Å². The molecule has 2 N–H and O–H groups in total. The number of hydrogen-bond donors (Lipinski definition) is 2. The SMILES string of the molecule is O=C(O)c1nc(N2CCOCC2)[nH]c(=O)c1COCc1ccccc1. The van der Waals surface area contributed by atoms with Crippen molar-refractivity contribution in [1.82, 2.24) is 9.97 Å². The summed E-state index contributed by atoms with van der Waals surface area (Å²) < 4.78 is 10.8. The van der Waals surface area contributed by atoms with Gasteiger partial charge in [0.2, 0.25) is 5.95 Å². The lowest BCUT2D eigenvalue weighted by molar-refractivity contribution is 0.0675. The molecule has 8 nitrogen and oxygen atoms in total. The summed E-state index contributed by atoms with van der Waals surface area (Å²) in [5.41, 5.74) is 0.175. The summed E-state index contributed by atoms with van der Waals surface area (Å²) in [6.45, 7) is 2.27. The topological polar surface area (TPSA) is 105 Å². The van der Waals surface area contributed by atoms with Gasteiger partial charge in [0.05, 0.1) is 32.0 Å². The first-order valence-corrected chi connectivity index (χ1v) is 7.96. The molecule has 0 unspecified atom stereocenters. The smallest absolute Gasteiger partial charge is 0.355 e. The van der Waals surface area contributed by atoms with Crippen molar-refractivity contribution in [3.8, 4) is 0 Å². The Morgan fingerprint density at radius 3 is 2.64 bits per heavy atom. The molecule has 1 saturated heterocycles. The van der Waals surface area contributed by atoms with E-state index in [-0.39, 0.29) is 30.4 Å². The summed E-state index contributed by atoms with van der Waals surface area (Å²) in [6.07, 6.45) is 0. The van der Waals surface area contributed by atoms with Gasteiger partial charge in [0.25, 0.3) is 5.56 Å². The maximum Gasteiger partial charge on any atom is 0.355 e. The molecule has 0 spiro atoms. The van der Waals surface area contributed by atoms with Gasteiger partial charge < -0.3 is 19.5 Å².